The number of benzene rings is 1. The first kappa shape index (κ1) is 10.5. The zero-order valence-corrected chi connectivity index (χ0v) is 9.50. The van der Waals surface area contributed by atoms with Crippen LogP contribution in [0.2, 0.25) is 0 Å². The number of nitriles is 1. The molecule has 1 heterocycles. The van der Waals surface area contributed by atoms with Crippen molar-refractivity contribution < 1.29 is 4.74 Å². The van der Waals surface area contributed by atoms with E-state index in [-0.39, 0.29) is 0 Å². The molecule has 0 unspecified atom stereocenters. The lowest BCUT2D eigenvalue weighted by Gasteiger charge is -2.06. The Bertz CT molecular complexity index is 671. The summed E-state index contributed by atoms with van der Waals surface area (Å²) < 4.78 is 5.62. The minimum absolute atomic E-state index is 0.294. The SMILES string of the molecule is N#Cc1cc(Oc2ccc3c(c2)CC=C3)ncn1. The molecule has 0 bridgehead atoms. The van der Waals surface area contributed by atoms with E-state index in [1.807, 2.05) is 24.3 Å². The van der Waals surface area contributed by atoms with Crippen molar-refractivity contribution in [2.75, 3.05) is 0 Å². The molecule has 0 atom stereocenters. The summed E-state index contributed by atoms with van der Waals surface area (Å²) in [6.07, 6.45) is 6.47. The molecular formula is C14H9N3O. The second kappa shape index (κ2) is 4.30. The van der Waals surface area contributed by atoms with Crippen molar-refractivity contribution in [2.24, 2.45) is 0 Å². The van der Waals surface area contributed by atoms with E-state index in [2.05, 4.69) is 22.1 Å². The molecule has 1 aliphatic carbocycles. The smallest absolute Gasteiger partial charge is 0.223 e. The maximum Gasteiger partial charge on any atom is 0.223 e. The highest BCUT2D eigenvalue weighted by Gasteiger charge is 2.07. The fraction of sp³-hybridized carbons (Fsp3) is 0.0714. The van der Waals surface area contributed by atoms with Gasteiger partial charge in [-0.1, -0.05) is 18.2 Å². The first-order chi connectivity index (χ1) is 8.85. The van der Waals surface area contributed by atoms with Crippen molar-refractivity contribution in [3.8, 4) is 17.7 Å². The van der Waals surface area contributed by atoms with E-state index in [0.717, 1.165) is 12.2 Å². The van der Waals surface area contributed by atoms with Crippen LogP contribution in [0.3, 0.4) is 0 Å². The Hall–Kier alpha value is -2.67. The molecule has 1 aliphatic rings. The summed E-state index contributed by atoms with van der Waals surface area (Å²) in [6, 6.07) is 9.37. The van der Waals surface area contributed by atoms with E-state index in [1.54, 1.807) is 0 Å². The van der Waals surface area contributed by atoms with Gasteiger partial charge in [0.05, 0.1) is 0 Å². The predicted molar refractivity (Wildman–Crippen MR) is 66.0 cm³/mol. The van der Waals surface area contributed by atoms with E-state index >= 15 is 0 Å². The van der Waals surface area contributed by atoms with Crippen LogP contribution < -0.4 is 4.74 Å². The van der Waals surface area contributed by atoms with Crippen LogP contribution >= 0.6 is 0 Å². The third kappa shape index (κ3) is 1.94. The summed E-state index contributed by atoms with van der Waals surface area (Å²) in [5, 5.41) is 8.75. The molecule has 86 valence electrons. The number of fused-ring (bicyclic) bond motifs is 1. The molecule has 1 aromatic heterocycles. The van der Waals surface area contributed by atoms with Gasteiger partial charge in [0.1, 0.15) is 23.8 Å². The van der Waals surface area contributed by atoms with Crippen molar-refractivity contribution in [1.29, 1.82) is 5.26 Å². The largest absolute Gasteiger partial charge is 0.439 e. The molecule has 1 aromatic carbocycles. The highest BCUT2D eigenvalue weighted by molar-refractivity contribution is 5.61. The van der Waals surface area contributed by atoms with Gasteiger partial charge in [-0.25, -0.2) is 9.97 Å². The van der Waals surface area contributed by atoms with Crippen molar-refractivity contribution >= 4 is 6.08 Å². The summed E-state index contributed by atoms with van der Waals surface area (Å²) in [7, 11) is 0. The van der Waals surface area contributed by atoms with E-state index in [1.165, 1.54) is 23.5 Å². The van der Waals surface area contributed by atoms with Crippen molar-refractivity contribution in [3.63, 3.8) is 0 Å². The molecule has 4 nitrogen and oxygen atoms in total. The fourth-order valence-electron chi connectivity index (χ4n) is 1.87. The third-order valence-electron chi connectivity index (χ3n) is 2.73. The average Bonchev–Trinajstić information content (AvgIpc) is 2.86. The van der Waals surface area contributed by atoms with Crippen LogP contribution in [0.4, 0.5) is 0 Å². The van der Waals surface area contributed by atoms with E-state index in [0.29, 0.717) is 11.6 Å². The molecule has 0 fully saturated rings. The maximum absolute atomic E-state index is 8.75. The van der Waals surface area contributed by atoms with Crippen molar-refractivity contribution in [2.45, 2.75) is 6.42 Å². The summed E-state index contributed by atoms with van der Waals surface area (Å²) in [4.78, 5) is 7.77. The van der Waals surface area contributed by atoms with Gasteiger partial charge >= 0.3 is 0 Å². The van der Waals surface area contributed by atoms with Crippen LogP contribution in [-0.4, -0.2) is 9.97 Å². The molecule has 0 saturated heterocycles. The third-order valence-corrected chi connectivity index (χ3v) is 2.73. The standard InChI is InChI=1S/C14H9N3O/c15-8-12-7-14(17-9-16-12)18-13-5-4-10-2-1-3-11(10)6-13/h1-2,4-7,9H,3H2. The van der Waals surface area contributed by atoms with E-state index in [4.69, 9.17) is 10.00 Å². The highest BCUT2D eigenvalue weighted by Crippen LogP contribution is 2.26. The van der Waals surface area contributed by atoms with E-state index < -0.39 is 0 Å². The first-order valence-electron chi connectivity index (χ1n) is 5.54. The molecule has 0 N–H and O–H groups in total. The normalized spacial score (nSPS) is 11.9. The monoisotopic (exact) mass is 235 g/mol. The number of hydrogen-bond donors (Lipinski definition) is 0. The Morgan fingerprint density at radius 2 is 2.17 bits per heavy atom. The van der Waals surface area contributed by atoms with Crippen LogP contribution in [-0.2, 0) is 6.42 Å². The number of ether oxygens (including phenoxy) is 1. The summed E-state index contributed by atoms with van der Waals surface area (Å²) in [5.41, 5.74) is 2.76. The quantitative estimate of drug-likeness (QED) is 0.803. The average molecular weight is 235 g/mol. The van der Waals surface area contributed by atoms with Gasteiger partial charge in [0, 0.05) is 6.07 Å². The molecule has 4 heteroatoms. The highest BCUT2D eigenvalue weighted by atomic mass is 16.5. The zero-order chi connectivity index (χ0) is 12.4. The van der Waals surface area contributed by atoms with Gasteiger partial charge in [-0.15, -0.1) is 0 Å². The summed E-state index contributed by atoms with van der Waals surface area (Å²) in [5.74, 6) is 1.10. The molecular weight excluding hydrogens is 226 g/mol. The first-order valence-corrected chi connectivity index (χ1v) is 5.54. The Kier molecular flexibility index (Phi) is 2.50. The number of allylic oxidation sites excluding steroid dienone is 1. The van der Waals surface area contributed by atoms with Crippen molar-refractivity contribution in [1.82, 2.24) is 9.97 Å². The number of rotatable bonds is 2. The lowest BCUT2D eigenvalue weighted by Crippen LogP contribution is -1.92. The lowest BCUT2D eigenvalue weighted by atomic mass is 10.1. The van der Waals surface area contributed by atoms with E-state index in [9.17, 15) is 0 Å². The van der Waals surface area contributed by atoms with Crippen LogP contribution in [0.15, 0.2) is 36.7 Å². The lowest BCUT2D eigenvalue weighted by molar-refractivity contribution is 0.460. The van der Waals surface area contributed by atoms with Crippen LogP contribution in [0, 0.1) is 11.3 Å². The fourth-order valence-corrected chi connectivity index (χ4v) is 1.87. The van der Waals surface area contributed by atoms with Gasteiger partial charge in [-0.2, -0.15) is 5.26 Å². The van der Waals surface area contributed by atoms with Gasteiger partial charge in [0.15, 0.2) is 0 Å². The molecule has 2 aromatic rings. The second-order valence-electron chi connectivity index (χ2n) is 3.92. The van der Waals surface area contributed by atoms with Crippen LogP contribution in [0.5, 0.6) is 11.6 Å². The Morgan fingerprint density at radius 3 is 3.06 bits per heavy atom. The molecule has 0 aliphatic heterocycles. The predicted octanol–water partition coefficient (Wildman–Crippen LogP) is 2.71. The van der Waals surface area contributed by atoms with Gasteiger partial charge < -0.3 is 4.74 Å². The molecule has 3 rings (SSSR count). The Morgan fingerprint density at radius 1 is 1.22 bits per heavy atom. The van der Waals surface area contributed by atoms with Gasteiger partial charge in [0.25, 0.3) is 0 Å². The van der Waals surface area contributed by atoms with Gasteiger partial charge in [0.2, 0.25) is 5.88 Å². The minimum atomic E-state index is 0.294. The topological polar surface area (TPSA) is 58.8 Å². The van der Waals surface area contributed by atoms with Gasteiger partial charge in [-0.05, 0) is 29.7 Å². The second-order valence-corrected chi connectivity index (χ2v) is 3.92. The Labute approximate surface area is 104 Å². The molecule has 0 amide bonds. The van der Waals surface area contributed by atoms with Crippen LogP contribution in [0.1, 0.15) is 16.8 Å². The molecule has 0 saturated carbocycles. The molecule has 0 radical (unpaired) electrons. The molecule has 18 heavy (non-hydrogen) atoms. The van der Waals surface area contributed by atoms with Crippen molar-refractivity contribution in [3.05, 3.63) is 53.5 Å². The number of nitrogens with zero attached hydrogens (tertiary/aromatic N) is 3. The van der Waals surface area contributed by atoms with Gasteiger partial charge in [-0.3, -0.25) is 0 Å². The Balaban J connectivity index is 1.87. The van der Waals surface area contributed by atoms with Crippen LogP contribution in [0.25, 0.3) is 6.08 Å². The summed E-state index contributed by atoms with van der Waals surface area (Å²) >= 11 is 0. The summed E-state index contributed by atoms with van der Waals surface area (Å²) in [6.45, 7) is 0. The number of aromatic nitrogens is 2. The maximum atomic E-state index is 8.75. The number of hydrogen-bond acceptors (Lipinski definition) is 4. The molecule has 0 spiro atoms. The minimum Gasteiger partial charge on any atom is -0.439 e. The zero-order valence-electron chi connectivity index (χ0n) is 9.50.